The van der Waals surface area contributed by atoms with Crippen molar-refractivity contribution in [2.75, 3.05) is 11.9 Å². The Hall–Kier alpha value is -1.36. The molecule has 0 bridgehead atoms. The molecule has 17 heavy (non-hydrogen) atoms. The Balaban J connectivity index is 2.21. The van der Waals surface area contributed by atoms with Crippen LogP contribution >= 0.6 is 0 Å². The minimum Gasteiger partial charge on any atom is -0.394 e. The number of aliphatic hydroxyl groups excluding tert-OH is 1. The summed E-state index contributed by atoms with van der Waals surface area (Å²) in [4.78, 5) is 16.1. The molecule has 1 aliphatic carbocycles. The number of hydrogen-bond donors (Lipinski definition) is 2. The second kappa shape index (κ2) is 4.87. The zero-order chi connectivity index (χ0) is 12.3. The van der Waals surface area contributed by atoms with E-state index in [9.17, 15) is 9.90 Å². The molecule has 0 spiro atoms. The van der Waals surface area contributed by atoms with Gasteiger partial charge in [-0.2, -0.15) is 0 Å². The Morgan fingerprint density at radius 1 is 1.59 bits per heavy atom. The van der Waals surface area contributed by atoms with Crippen LogP contribution in [0.1, 0.15) is 32.6 Å². The molecule has 1 fully saturated rings. The van der Waals surface area contributed by atoms with Crippen LogP contribution < -0.4 is 10.9 Å². The fourth-order valence-corrected chi connectivity index (χ4v) is 2.13. The molecule has 1 aromatic heterocycles. The van der Waals surface area contributed by atoms with Gasteiger partial charge in [0.25, 0.3) is 5.56 Å². The maximum absolute atomic E-state index is 12.0. The van der Waals surface area contributed by atoms with E-state index >= 15 is 0 Å². The van der Waals surface area contributed by atoms with E-state index in [1.165, 1.54) is 0 Å². The Morgan fingerprint density at radius 2 is 2.35 bits per heavy atom. The van der Waals surface area contributed by atoms with Crippen LogP contribution in [0.5, 0.6) is 0 Å². The van der Waals surface area contributed by atoms with Gasteiger partial charge in [-0.05, 0) is 25.7 Å². The third-order valence-corrected chi connectivity index (χ3v) is 3.38. The summed E-state index contributed by atoms with van der Waals surface area (Å²) in [6, 6.07) is 0. The van der Waals surface area contributed by atoms with Gasteiger partial charge in [0.1, 0.15) is 0 Å². The Morgan fingerprint density at radius 3 is 2.88 bits per heavy atom. The highest BCUT2D eigenvalue weighted by Crippen LogP contribution is 2.33. The summed E-state index contributed by atoms with van der Waals surface area (Å²) in [6.07, 6.45) is 7.12. The lowest BCUT2D eigenvalue weighted by Crippen LogP contribution is -2.50. The molecule has 5 heteroatoms. The molecule has 0 amide bonds. The van der Waals surface area contributed by atoms with Gasteiger partial charge in [-0.25, -0.2) is 4.98 Å². The Kier molecular flexibility index (Phi) is 3.47. The molecule has 0 atom stereocenters. The van der Waals surface area contributed by atoms with Crippen LogP contribution in [0.2, 0.25) is 0 Å². The highest BCUT2D eigenvalue weighted by atomic mass is 16.3. The topological polar surface area (TPSA) is 67.2 Å². The van der Waals surface area contributed by atoms with Crippen molar-refractivity contribution >= 4 is 5.82 Å². The molecule has 1 heterocycles. The number of aliphatic hydroxyl groups is 1. The SMILES string of the molecule is CCCn1ccnc(NC2(CO)CCC2)c1=O. The number of hydrogen-bond acceptors (Lipinski definition) is 4. The van der Waals surface area contributed by atoms with Crippen molar-refractivity contribution < 1.29 is 5.11 Å². The van der Waals surface area contributed by atoms with Crippen molar-refractivity contribution in [1.82, 2.24) is 9.55 Å². The van der Waals surface area contributed by atoms with Gasteiger partial charge in [-0.1, -0.05) is 6.92 Å². The molecule has 94 valence electrons. The summed E-state index contributed by atoms with van der Waals surface area (Å²) < 4.78 is 1.65. The summed E-state index contributed by atoms with van der Waals surface area (Å²) in [5.41, 5.74) is -0.425. The first-order valence-corrected chi connectivity index (χ1v) is 6.15. The molecule has 2 rings (SSSR count). The number of aromatic nitrogens is 2. The third-order valence-electron chi connectivity index (χ3n) is 3.38. The first-order valence-electron chi connectivity index (χ1n) is 6.15. The van der Waals surface area contributed by atoms with Gasteiger partial charge in [0, 0.05) is 18.9 Å². The fraction of sp³-hybridized carbons (Fsp3) is 0.667. The molecule has 2 N–H and O–H groups in total. The Bertz CT molecular complexity index is 432. The van der Waals surface area contributed by atoms with Crippen LogP contribution in [-0.2, 0) is 6.54 Å². The third kappa shape index (κ3) is 2.34. The number of anilines is 1. The molecular formula is C12H19N3O2. The van der Waals surface area contributed by atoms with Gasteiger partial charge < -0.3 is 15.0 Å². The summed E-state index contributed by atoms with van der Waals surface area (Å²) in [7, 11) is 0. The summed E-state index contributed by atoms with van der Waals surface area (Å²) in [5, 5.41) is 12.5. The van der Waals surface area contributed by atoms with Crippen LogP contribution in [0.3, 0.4) is 0 Å². The van der Waals surface area contributed by atoms with Crippen LogP contribution in [0.25, 0.3) is 0 Å². The monoisotopic (exact) mass is 237 g/mol. The molecule has 0 radical (unpaired) electrons. The predicted octanol–water partition coefficient (Wildman–Crippen LogP) is 0.980. The van der Waals surface area contributed by atoms with E-state index in [2.05, 4.69) is 10.3 Å². The first-order chi connectivity index (χ1) is 8.21. The van der Waals surface area contributed by atoms with Gasteiger partial charge in [0.05, 0.1) is 12.1 Å². The molecule has 0 aliphatic heterocycles. The van der Waals surface area contributed by atoms with Gasteiger partial charge in [-0.15, -0.1) is 0 Å². The van der Waals surface area contributed by atoms with E-state index in [0.717, 1.165) is 25.7 Å². The molecular weight excluding hydrogens is 218 g/mol. The van der Waals surface area contributed by atoms with Crippen LogP contribution in [0, 0.1) is 0 Å². The van der Waals surface area contributed by atoms with Gasteiger partial charge in [0.2, 0.25) is 0 Å². The van der Waals surface area contributed by atoms with Crippen molar-refractivity contribution in [3.8, 4) is 0 Å². The van der Waals surface area contributed by atoms with Gasteiger partial charge in [0.15, 0.2) is 5.82 Å². The van der Waals surface area contributed by atoms with Crippen molar-refractivity contribution in [3.63, 3.8) is 0 Å². The van der Waals surface area contributed by atoms with E-state index in [0.29, 0.717) is 12.4 Å². The highest BCUT2D eigenvalue weighted by molar-refractivity contribution is 5.36. The molecule has 0 saturated heterocycles. The van der Waals surface area contributed by atoms with E-state index in [4.69, 9.17) is 0 Å². The zero-order valence-electron chi connectivity index (χ0n) is 10.1. The van der Waals surface area contributed by atoms with Crippen molar-refractivity contribution in [2.24, 2.45) is 0 Å². The maximum atomic E-state index is 12.0. The standard InChI is InChI=1S/C12H19N3O2/c1-2-7-15-8-6-13-10(11(15)17)14-12(9-16)4-3-5-12/h6,8,16H,2-5,7,9H2,1H3,(H,13,14). The summed E-state index contributed by atoms with van der Waals surface area (Å²) >= 11 is 0. The quantitative estimate of drug-likeness (QED) is 0.801. The van der Waals surface area contributed by atoms with E-state index < -0.39 is 0 Å². The summed E-state index contributed by atoms with van der Waals surface area (Å²) in [5.74, 6) is 0.356. The predicted molar refractivity (Wildman–Crippen MR) is 66.1 cm³/mol. The average Bonchev–Trinajstić information content (AvgIpc) is 2.28. The largest absolute Gasteiger partial charge is 0.394 e. The number of nitrogens with one attached hydrogen (secondary N) is 1. The Labute approximate surface area is 100 Å². The first kappa shape index (κ1) is 12.1. The number of nitrogens with zero attached hydrogens (tertiary/aromatic N) is 2. The lowest BCUT2D eigenvalue weighted by molar-refractivity contribution is 0.143. The maximum Gasteiger partial charge on any atom is 0.293 e. The normalized spacial score (nSPS) is 17.5. The lowest BCUT2D eigenvalue weighted by Gasteiger charge is -2.41. The van der Waals surface area contributed by atoms with Crippen molar-refractivity contribution in [1.29, 1.82) is 0 Å². The van der Waals surface area contributed by atoms with Crippen LogP contribution in [0.4, 0.5) is 5.82 Å². The summed E-state index contributed by atoms with van der Waals surface area (Å²) in [6.45, 7) is 2.78. The molecule has 0 aromatic carbocycles. The zero-order valence-corrected chi connectivity index (χ0v) is 10.1. The second-order valence-electron chi connectivity index (χ2n) is 4.69. The van der Waals surface area contributed by atoms with Crippen molar-refractivity contribution in [2.45, 2.75) is 44.7 Å². The minimum atomic E-state index is -0.322. The minimum absolute atomic E-state index is 0.0524. The van der Waals surface area contributed by atoms with E-state index in [1.54, 1.807) is 17.0 Å². The fourth-order valence-electron chi connectivity index (χ4n) is 2.13. The van der Waals surface area contributed by atoms with Crippen LogP contribution in [0.15, 0.2) is 17.2 Å². The van der Waals surface area contributed by atoms with Crippen molar-refractivity contribution in [3.05, 3.63) is 22.7 Å². The average molecular weight is 237 g/mol. The van der Waals surface area contributed by atoms with Gasteiger partial charge >= 0.3 is 0 Å². The number of aryl methyl sites for hydroxylation is 1. The lowest BCUT2D eigenvalue weighted by atomic mass is 9.77. The van der Waals surface area contributed by atoms with Gasteiger partial charge in [-0.3, -0.25) is 4.79 Å². The van der Waals surface area contributed by atoms with Crippen LogP contribution in [-0.4, -0.2) is 26.8 Å². The van der Waals surface area contributed by atoms with E-state index in [-0.39, 0.29) is 17.7 Å². The highest BCUT2D eigenvalue weighted by Gasteiger charge is 2.37. The van der Waals surface area contributed by atoms with E-state index in [1.807, 2.05) is 6.92 Å². The molecule has 1 aromatic rings. The second-order valence-corrected chi connectivity index (χ2v) is 4.69. The smallest absolute Gasteiger partial charge is 0.293 e. The molecule has 5 nitrogen and oxygen atoms in total. The molecule has 1 saturated carbocycles. The molecule has 1 aliphatic rings. The molecule has 0 unspecified atom stereocenters. The number of rotatable bonds is 5.